The molecule has 0 spiro atoms. The summed E-state index contributed by atoms with van der Waals surface area (Å²) in [6.07, 6.45) is 0.409. The standard InChI is InChI=1S/C15H22N2O5S/c1-10(2)9-22-15(19)17-13-7-5-6-12(8-13)16-14(18)11(3)23(4,20)21/h5-8,10-11H,9H2,1-4H3,(H,16,18)(H,17,19). The summed E-state index contributed by atoms with van der Waals surface area (Å²) in [7, 11) is -3.47. The third-order valence-electron chi connectivity index (χ3n) is 2.94. The lowest BCUT2D eigenvalue weighted by Crippen LogP contribution is -2.31. The van der Waals surface area contributed by atoms with Gasteiger partial charge in [0.2, 0.25) is 5.91 Å². The van der Waals surface area contributed by atoms with Crippen LogP contribution in [0.3, 0.4) is 0 Å². The maximum atomic E-state index is 11.9. The van der Waals surface area contributed by atoms with Crippen LogP contribution in [-0.4, -0.2) is 38.5 Å². The summed E-state index contributed by atoms with van der Waals surface area (Å²) >= 11 is 0. The minimum absolute atomic E-state index is 0.226. The molecular formula is C15H22N2O5S. The average Bonchev–Trinajstić information content (AvgIpc) is 2.43. The Morgan fingerprint density at radius 3 is 2.22 bits per heavy atom. The Labute approximate surface area is 136 Å². The summed E-state index contributed by atoms with van der Waals surface area (Å²) in [5, 5.41) is 3.88. The maximum Gasteiger partial charge on any atom is 0.411 e. The molecule has 128 valence electrons. The van der Waals surface area contributed by atoms with Crippen LogP contribution in [0.1, 0.15) is 20.8 Å². The molecule has 1 atom stereocenters. The highest BCUT2D eigenvalue weighted by Crippen LogP contribution is 2.16. The molecule has 0 aliphatic rings. The lowest BCUT2D eigenvalue weighted by Gasteiger charge is -2.12. The molecule has 0 radical (unpaired) electrons. The molecule has 7 nitrogen and oxygen atoms in total. The molecule has 23 heavy (non-hydrogen) atoms. The second-order valence-corrected chi connectivity index (χ2v) is 8.03. The summed E-state index contributed by atoms with van der Waals surface area (Å²) in [5.74, 6) is -0.407. The van der Waals surface area contributed by atoms with Gasteiger partial charge in [0.15, 0.2) is 9.84 Å². The maximum absolute atomic E-state index is 11.9. The van der Waals surface area contributed by atoms with Crippen LogP contribution in [0.5, 0.6) is 0 Å². The minimum atomic E-state index is -3.47. The smallest absolute Gasteiger partial charge is 0.411 e. The van der Waals surface area contributed by atoms with Crippen LogP contribution in [0, 0.1) is 5.92 Å². The molecule has 0 saturated carbocycles. The van der Waals surface area contributed by atoms with Gasteiger partial charge in [0, 0.05) is 17.6 Å². The second-order valence-electron chi connectivity index (χ2n) is 5.66. The van der Waals surface area contributed by atoms with Crippen molar-refractivity contribution in [3.8, 4) is 0 Å². The molecule has 0 aromatic heterocycles. The Balaban J connectivity index is 2.70. The lowest BCUT2D eigenvalue weighted by atomic mass is 10.2. The SMILES string of the molecule is CC(C)COC(=O)Nc1cccc(NC(=O)C(C)S(C)(=O)=O)c1. The van der Waals surface area contributed by atoms with Crippen LogP contribution < -0.4 is 10.6 Å². The number of carbonyl (C=O) groups is 2. The fourth-order valence-electron chi connectivity index (χ4n) is 1.51. The first-order valence-corrected chi connectivity index (χ1v) is 9.08. The van der Waals surface area contributed by atoms with Crippen molar-refractivity contribution in [1.29, 1.82) is 0 Å². The molecule has 1 rings (SSSR count). The molecular weight excluding hydrogens is 320 g/mol. The number of anilines is 2. The van der Waals surface area contributed by atoms with E-state index >= 15 is 0 Å². The van der Waals surface area contributed by atoms with Crippen molar-refractivity contribution in [2.24, 2.45) is 5.92 Å². The number of nitrogens with one attached hydrogen (secondary N) is 2. The molecule has 1 unspecified atom stereocenters. The summed E-state index contributed by atoms with van der Waals surface area (Å²) in [6.45, 7) is 5.46. The van der Waals surface area contributed by atoms with E-state index < -0.39 is 27.1 Å². The molecule has 0 fully saturated rings. The number of sulfone groups is 1. The van der Waals surface area contributed by atoms with Crippen molar-refractivity contribution >= 4 is 33.2 Å². The zero-order valence-corrected chi connectivity index (χ0v) is 14.4. The fourth-order valence-corrected chi connectivity index (χ4v) is 1.96. The largest absolute Gasteiger partial charge is 0.449 e. The van der Waals surface area contributed by atoms with E-state index in [1.54, 1.807) is 18.2 Å². The molecule has 0 aliphatic carbocycles. The van der Waals surface area contributed by atoms with Crippen LogP contribution in [0.15, 0.2) is 24.3 Å². The van der Waals surface area contributed by atoms with E-state index in [-0.39, 0.29) is 5.92 Å². The van der Waals surface area contributed by atoms with Gasteiger partial charge in [0.05, 0.1) is 6.61 Å². The molecule has 2 amide bonds. The van der Waals surface area contributed by atoms with E-state index in [2.05, 4.69) is 10.6 Å². The van der Waals surface area contributed by atoms with Gasteiger partial charge in [-0.3, -0.25) is 10.1 Å². The van der Waals surface area contributed by atoms with E-state index in [1.807, 2.05) is 13.8 Å². The molecule has 1 aromatic carbocycles. The Morgan fingerprint density at radius 2 is 1.70 bits per heavy atom. The first kappa shape index (κ1) is 19.0. The number of hydrogen-bond acceptors (Lipinski definition) is 5. The van der Waals surface area contributed by atoms with Gasteiger partial charge >= 0.3 is 6.09 Å². The van der Waals surface area contributed by atoms with Gasteiger partial charge < -0.3 is 10.1 Å². The van der Waals surface area contributed by atoms with Crippen molar-refractivity contribution in [2.75, 3.05) is 23.5 Å². The van der Waals surface area contributed by atoms with Crippen molar-refractivity contribution in [3.63, 3.8) is 0 Å². The molecule has 2 N–H and O–H groups in total. The van der Waals surface area contributed by atoms with E-state index in [0.717, 1.165) is 6.26 Å². The number of carbonyl (C=O) groups excluding carboxylic acids is 2. The Kier molecular flexibility index (Phi) is 6.56. The van der Waals surface area contributed by atoms with E-state index in [0.29, 0.717) is 18.0 Å². The fraction of sp³-hybridized carbons (Fsp3) is 0.467. The van der Waals surface area contributed by atoms with E-state index in [4.69, 9.17) is 4.74 Å². The van der Waals surface area contributed by atoms with Crippen LogP contribution in [-0.2, 0) is 19.4 Å². The molecule has 0 heterocycles. The van der Waals surface area contributed by atoms with Crippen LogP contribution in [0.4, 0.5) is 16.2 Å². The topological polar surface area (TPSA) is 102 Å². The summed E-state index contributed by atoms with van der Waals surface area (Å²) in [6, 6.07) is 6.37. The average molecular weight is 342 g/mol. The number of ether oxygens (including phenoxy) is 1. The highest BCUT2D eigenvalue weighted by molar-refractivity contribution is 7.92. The molecule has 0 aliphatic heterocycles. The number of hydrogen-bond donors (Lipinski definition) is 2. The van der Waals surface area contributed by atoms with Crippen molar-refractivity contribution in [3.05, 3.63) is 24.3 Å². The predicted molar refractivity (Wildman–Crippen MR) is 89.2 cm³/mol. The Hall–Kier alpha value is -2.09. The molecule has 0 bridgehead atoms. The van der Waals surface area contributed by atoms with Gasteiger partial charge in [-0.05, 0) is 31.0 Å². The Bertz CT molecular complexity index is 670. The number of rotatable bonds is 6. The zero-order valence-electron chi connectivity index (χ0n) is 13.6. The normalized spacial score (nSPS) is 12.6. The first-order valence-electron chi connectivity index (χ1n) is 7.13. The summed E-state index contributed by atoms with van der Waals surface area (Å²) in [5.41, 5.74) is 0.815. The minimum Gasteiger partial charge on any atom is -0.449 e. The third-order valence-corrected chi connectivity index (χ3v) is 4.43. The van der Waals surface area contributed by atoms with Gasteiger partial charge in [-0.2, -0.15) is 0 Å². The van der Waals surface area contributed by atoms with Gasteiger partial charge in [-0.25, -0.2) is 13.2 Å². The molecule has 8 heteroatoms. The monoisotopic (exact) mass is 342 g/mol. The van der Waals surface area contributed by atoms with Crippen molar-refractivity contribution in [2.45, 2.75) is 26.0 Å². The van der Waals surface area contributed by atoms with E-state index in [1.165, 1.54) is 13.0 Å². The highest BCUT2D eigenvalue weighted by Gasteiger charge is 2.23. The lowest BCUT2D eigenvalue weighted by molar-refractivity contribution is -0.115. The number of amides is 2. The van der Waals surface area contributed by atoms with Crippen LogP contribution in [0.2, 0.25) is 0 Å². The summed E-state index contributed by atoms with van der Waals surface area (Å²) in [4.78, 5) is 23.5. The molecule has 1 aromatic rings. The Morgan fingerprint density at radius 1 is 1.13 bits per heavy atom. The quantitative estimate of drug-likeness (QED) is 0.826. The van der Waals surface area contributed by atoms with Gasteiger partial charge in [-0.15, -0.1) is 0 Å². The van der Waals surface area contributed by atoms with Gasteiger partial charge in [0.1, 0.15) is 5.25 Å². The number of benzene rings is 1. The summed E-state index contributed by atoms with van der Waals surface area (Å²) < 4.78 is 27.7. The first-order chi connectivity index (χ1) is 10.6. The van der Waals surface area contributed by atoms with Crippen molar-refractivity contribution < 1.29 is 22.7 Å². The van der Waals surface area contributed by atoms with Crippen molar-refractivity contribution in [1.82, 2.24) is 0 Å². The highest BCUT2D eigenvalue weighted by atomic mass is 32.2. The van der Waals surface area contributed by atoms with Crippen LogP contribution >= 0.6 is 0 Å². The molecule has 0 saturated heterocycles. The van der Waals surface area contributed by atoms with Crippen LogP contribution in [0.25, 0.3) is 0 Å². The van der Waals surface area contributed by atoms with E-state index in [9.17, 15) is 18.0 Å². The zero-order chi connectivity index (χ0) is 17.6. The second kappa shape index (κ2) is 7.96. The van der Waals surface area contributed by atoms with Gasteiger partial charge in [-0.1, -0.05) is 19.9 Å². The predicted octanol–water partition coefficient (Wildman–Crippen LogP) is 2.26. The third kappa shape index (κ3) is 6.68. The van der Waals surface area contributed by atoms with Gasteiger partial charge in [0.25, 0.3) is 0 Å².